The van der Waals surface area contributed by atoms with E-state index in [2.05, 4.69) is 0 Å². The van der Waals surface area contributed by atoms with Crippen LogP contribution in [0.4, 0.5) is 4.79 Å². The van der Waals surface area contributed by atoms with Gasteiger partial charge in [0.25, 0.3) is 0 Å². The number of ketones is 2. The third-order valence-electron chi connectivity index (χ3n) is 3.72. The van der Waals surface area contributed by atoms with Crippen LogP contribution in [0, 0.1) is 11.8 Å². The molecule has 0 spiro atoms. The standard InChI is InChI=1S/C16H27NO4/c1-6-13(11(2)18)14(19)12-8-7-9-17(10-12)15(20)21-16(3,4)5/h12-13H,6-10H2,1-5H3/t12-,13?/m1/s1. The largest absolute Gasteiger partial charge is 0.444 e. The first-order valence-corrected chi connectivity index (χ1v) is 7.67. The molecule has 0 saturated carbocycles. The van der Waals surface area contributed by atoms with Crippen LogP contribution in [-0.4, -0.2) is 41.3 Å². The van der Waals surface area contributed by atoms with Crippen LogP contribution in [0.5, 0.6) is 0 Å². The zero-order valence-electron chi connectivity index (χ0n) is 13.8. The number of hydrogen-bond donors (Lipinski definition) is 0. The summed E-state index contributed by atoms with van der Waals surface area (Å²) >= 11 is 0. The van der Waals surface area contributed by atoms with E-state index in [9.17, 15) is 14.4 Å². The molecule has 1 amide bonds. The highest BCUT2D eigenvalue weighted by Gasteiger charge is 2.34. The zero-order valence-corrected chi connectivity index (χ0v) is 13.8. The predicted molar refractivity (Wildman–Crippen MR) is 80.0 cm³/mol. The van der Waals surface area contributed by atoms with E-state index >= 15 is 0 Å². The molecular weight excluding hydrogens is 270 g/mol. The van der Waals surface area contributed by atoms with Gasteiger partial charge in [-0.3, -0.25) is 9.59 Å². The Morgan fingerprint density at radius 3 is 2.38 bits per heavy atom. The Morgan fingerprint density at radius 1 is 1.29 bits per heavy atom. The van der Waals surface area contributed by atoms with Gasteiger partial charge in [0.1, 0.15) is 17.2 Å². The second kappa shape index (κ2) is 7.05. The SMILES string of the molecule is CCC(C(C)=O)C(=O)[C@@H]1CCCN(C(=O)OC(C)(C)C)C1. The highest BCUT2D eigenvalue weighted by atomic mass is 16.6. The summed E-state index contributed by atoms with van der Waals surface area (Å²) in [5.41, 5.74) is -0.542. The lowest BCUT2D eigenvalue weighted by atomic mass is 9.84. The van der Waals surface area contributed by atoms with Crippen molar-refractivity contribution >= 4 is 17.7 Å². The maximum atomic E-state index is 12.4. The minimum atomic E-state index is -0.542. The second-order valence-corrected chi connectivity index (χ2v) is 6.74. The van der Waals surface area contributed by atoms with E-state index in [4.69, 9.17) is 4.74 Å². The van der Waals surface area contributed by atoms with Crippen LogP contribution < -0.4 is 0 Å². The molecule has 0 radical (unpaired) electrons. The van der Waals surface area contributed by atoms with Crippen molar-refractivity contribution in [3.05, 3.63) is 0 Å². The molecule has 1 unspecified atom stereocenters. The Morgan fingerprint density at radius 2 is 1.90 bits per heavy atom. The van der Waals surface area contributed by atoms with Gasteiger partial charge in [0.05, 0.1) is 5.92 Å². The van der Waals surface area contributed by atoms with Crippen molar-refractivity contribution in [1.82, 2.24) is 4.90 Å². The van der Waals surface area contributed by atoms with E-state index in [1.165, 1.54) is 6.92 Å². The van der Waals surface area contributed by atoms with E-state index in [1.54, 1.807) is 4.90 Å². The van der Waals surface area contributed by atoms with Crippen molar-refractivity contribution in [2.24, 2.45) is 11.8 Å². The lowest BCUT2D eigenvalue weighted by Crippen LogP contribution is -2.46. The average molecular weight is 297 g/mol. The van der Waals surface area contributed by atoms with Crippen LogP contribution in [0.1, 0.15) is 53.9 Å². The fourth-order valence-electron chi connectivity index (χ4n) is 2.68. The summed E-state index contributed by atoms with van der Waals surface area (Å²) in [5, 5.41) is 0. The Bertz CT molecular complexity index is 411. The Labute approximate surface area is 127 Å². The molecule has 0 aromatic heterocycles. The van der Waals surface area contributed by atoms with E-state index in [1.807, 2.05) is 27.7 Å². The van der Waals surface area contributed by atoms with Crippen molar-refractivity contribution in [3.63, 3.8) is 0 Å². The monoisotopic (exact) mass is 297 g/mol. The van der Waals surface area contributed by atoms with Crippen molar-refractivity contribution < 1.29 is 19.1 Å². The van der Waals surface area contributed by atoms with E-state index < -0.39 is 11.5 Å². The zero-order chi connectivity index (χ0) is 16.2. The van der Waals surface area contributed by atoms with Gasteiger partial charge in [-0.1, -0.05) is 6.92 Å². The smallest absolute Gasteiger partial charge is 0.410 e. The summed E-state index contributed by atoms with van der Waals surface area (Å²) in [6, 6.07) is 0. The van der Waals surface area contributed by atoms with Crippen LogP contribution >= 0.6 is 0 Å². The molecule has 5 nitrogen and oxygen atoms in total. The average Bonchev–Trinajstić information content (AvgIpc) is 2.37. The van der Waals surface area contributed by atoms with Crippen LogP contribution in [0.2, 0.25) is 0 Å². The van der Waals surface area contributed by atoms with Gasteiger partial charge in [-0.2, -0.15) is 0 Å². The molecule has 1 saturated heterocycles. The predicted octanol–water partition coefficient (Wildman–Crippen LogP) is 2.82. The number of carbonyl (C=O) groups excluding carboxylic acids is 3. The summed E-state index contributed by atoms with van der Waals surface area (Å²) in [7, 11) is 0. The van der Waals surface area contributed by atoms with Crippen molar-refractivity contribution in [2.75, 3.05) is 13.1 Å². The van der Waals surface area contributed by atoms with Gasteiger partial charge in [0, 0.05) is 19.0 Å². The van der Waals surface area contributed by atoms with Crippen LogP contribution in [0.3, 0.4) is 0 Å². The van der Waals surface area contributed by atoms with Crippen molar-refractivity contribution in [2.45, 2.75) is 59.5 Å². The lowest BCUT2D eigenvalue weighted by molar-refractivity contribution is -0.135. The second-order valence-electron chi connectivity index (χ2n) is 6.74. The molecule has 120 valence electrons. The maximum Gasteiger partial charge on any atom is 0.410 e. The number of rotatable bonds is 4. The molecule has 1 heterocycles. The normalized spacial score (nSPS) is 20.8. The molecular formula is C16H27NO4. The quantitative estimate of drug-likeness (QED) is 0.748. The van der Waals surface area contributed by atoms with Gasteiger partial charge < -0.3 is 9.64 Å². The van der Waals surface area contributed by atoms with Crippen LogP contribution in [0.25, 0.3) is 0 Å². The number of Topliss-reactive ketones (excluding diaryl/α,β-unsaturated/α-hetero) is 2. The summed E-state index contributed by atoms with van der Waals surface area (Å²) in [4.78, 5) is 37.6. The topological polar surface area (TPSA) is 63.7 Å². The third kappa shape index (κ3) is 5.14. The first-order valence-electron chi connectivity index (χ1n) is 7.67. The number of hydrogen-bond acceptors (Lipinski definition) is 4. The summed E-state index contributed by atoms with van der Waals surface area (Å²) < 4.78 is 5.35. The summed E-state index contributed by atoms with van der Waals surface area (Å²) in [6.45, 7) is 9.73. The number of amides is 1. The lowest BCUT2D eigenvalue weighted by Gasteiger charge is -2.34. The maximum absolute atomic E-state index is 12.4. The van der Waals surface area contributed by atoms with E-state index in [0.717, 1.165) is 12.8 Å². The molecule has 0 bridgehead atoms. The summed E-state index contributed by atoms with van der Waals surface area (Å²) in [5.74, 6) is -0.899. The Hall–Kier alpha value is -1.39. The third-order valence-corrected chi connectivity index (χ3v) is 3.72. The van der Waals surface area contributed by atoms with Crippen LogP contribution in [0.15, 0.2) is 0 Å². The first kappa shape index (κ1) is 17.7. The first-order chi connectivity index (χ1) is 9.65. The Balaban J connectivity index is 2.69. The number of nitrogens with zero attached hydrogens (tertiary/aromatic N) is 1. The number of piperidine rings is 1. The highest BCUT2D eigenvalue weighted by Crippen LogP contribution is 2.24. The van der Waals surface area contributed by atoms with Crippen LogP contribution in [-0.2, 0) is 14.3 Å². The fraction of sp³-hybridized carbons (Fsp3) is 0.812. The molecule has 1 aliphatic rings. The summed E-state index contributed by atoms with van der Waals surface area (Å²) in [6.07, 6.45) is 1.65. The van der Waals surface area contributed by atoms with Gasteiger partial charge in [-0.25, -0.2) is 4.79 Å². The van der Waals surface area contributed by atoms with Crippen molar-refractivity contribution in [3.8, 4) is 0 Å². The number of carbonyl (C=O) groups is 3. The number of ether oxygens (including phenoxy) is 1. The highest BCUT2D eigenvalue weighted by molar-refractivity contribution is 6.02. The van der Waals surface area contributed by atoms with E-state index in [-0.39, 0.29) is 23.6 Å². The number of likely N-dealkylation sites (tertiary alicyclic amines) is 1. The van der Waals surface area contributed by atoms with Crippen molar-refractivity contribution in [1.29, 1.82) is 0 Å². The Kier molecular flexibility index (Phi) is 5.93. The molecule has 2 atom stereocenters. The van der Waals surface area contributed by atoms with E-state index in [0.29, 0.717) is 19.5 Å². The molecule has 1 fully saturated rings. The molecule has 21 heavy (non-hydrogen) atoms. The van der Waals surface area contributed by atoms with Gasteiger partial charge in [-0.15, -0.1) is 0 Å². The molecule has 1 aliphatic heterocycles. The minimum absolute atomic E-state index is 0.0294. The fourth-order valence-corrected chi connectivity index (χ4v) is 2.68. The van der Waals surface area contributed by atoms with Gasteiger partial charge >= 0.3 is 6.09 Å². The molecule has 0 N–H and O–H groups in total. The van der Waals surface area contributed by atoms with Gasteiger partial charge in [0.15, 0.2) is 0 Å². The molecule has 1 rings (SSSR count). The van der Waals surface area contributed by atoms with Gasteiger partial charge in [0.2, 0.25) is 0 Å². The molecule has 5 heteroatoms. The molecule has 0 aromatic rings. The molecule has 0 aromatic carbocycles. The van der Waals surface area contributed by atoms with Gasteiger partial charge in [-0.05, 0) is 47.0 Å². The molecule has 0 aliphatic carbocycles. The minimum Gasteiger partial charge on any atom is -0.444 e.